The zero-order chi connectivity index (χ0) is 27.4. The number of hydrogen-bond acceptors (Lipinski definition) is 4. The van der Waals surface area contributed by atoms with Crippen LogP contribution in [0, 0.1) is 11.7 Å². The molecule has 0 saturated carbocycles. The van der Waals surface area contributed by atoms with Gasteiger partial charge in [0.2, 0.25) is 10.0 Å². The number of aromatic nitrogens is 1. The van der Waals surface area contributed by atoms with Crippen molar-refractivity contribution in [1.29, 1.82) is 0 Å². The third-order valence-corrected chi connectivity index (χ3v) is 9.17. The van der Waals surface area contributed by atoms with Gasteiger partial charge in [-0.15, -0.1) is 0 Å². The molecule has 0 aliphatic carbocycles. The van der Waals surface area contributed by atoms with Crippen LogP contribution in [0.2, 0.25) is 5.02 Å². The van der Waals surface area contributed by atoms with E-state index in [1.807, 2.05) is 18.3 Å². The monoisotopic (exact) mass is 567 g/mol. The van der Waals surface area contributed by atoms with E-state index in [1.54, 1.807) is 24.3 Å². The van der Waals surface area contributed by atoms with Crippen LogP contribution in [0.1, 0.15) is 34.3 Å². The van der Waals surface area contributed by atoms with Crippen molar-refractivity contribution in [3.8, 4) is 0 Å². The van der Waals surface area contributed by atoms with E-state index in [1.165, 1.54) is 29.8 Å². The Morgan fingerprint density at radius 2 is 1.72 bits per heavy atom. The third-order valence-electron chi connectivity index (χ3n) is 7.45. The van der Waals surface area contributed by atoms with Crippen molar-refractivity contribution in [2.45, 2.75) is 30.6 Å². The van der Waals surface area contributed by atoms with Crippen molar-refractivity contribution in [1.82, 2.24) is 14.6 Å². The minimum Gasteiger partial charge on any atom is -0.361 e. The first kappa shape index (κ1) is 27.5. The number of likely N-dealkylation sites (tertiary alicyclic amines) is 1. The van der Waals surface area contributed by atoms with Crippen molar-refractivity contribution >= 4 is 38.3 Å². The number of benzene rings is 3. The molecule has 1 fully saturated rings. The van der Waals surface area contributed by atoms with Gasteiger partial charge in [-0.2, -0.15) is 0 Å². The summed E-state index contributed by atoms with van der Waals surface area (Å²) in [6.07, 6.45) is 5.11. The molecule has 5 rings (SSSR count). The van der Waals surface area contributed by atoms with Crippen LogP contribution in [-0.4, -0.2) is 50.3 Å². The summed E-state index contributed by atoms with van der Waals surface area (Å²) in [6, 6.07) is 18.1. The molecule has 39 heavy (non-hydrogen) atoms. The molecule has 1 aromatic heterocycles. The first-order chi connectivity index (χ1) is 18.8. The Bertz CT molecular complexity index is 1540. The maximum atomic E-state index is 13.2. The second-order valence-corrected chi connectivity index (χ2v) is 12.2. The van der Waals surface area contributed by atoms with E-state index in [4.69, 9.17) is 11.6 Å². The zero-order valence-electron chi connectivity index (χ0n) is 21.5. The van der Waals surface area contributed by atoms with Gasteiger partial charge in [0.05, 0.1) is 4.90 Å². The fourth-order valence-electron chi connectivity index (χ4n) is 5.16. The molecule has 1 aliphatic rings. The van der Waals surface area contributed by atoms with E-state index in [0.717, 1.165) is 55.4 Å². The van der Waals surface area contributed by atoms with Crippen molar-refractivity contribution in [2.75, 3.05) is 26.2 Å². The van der Waals surface area contributed by atoms with Gasteiger partial charge in [-0.3, -0.25) is 4.79 Å². The van der Waals surface area contributed by atoms with E-state index < -0.39 is 10.0 Å². The number of ketones is 1. The quantitative estimate of drug-likeness (QED) is 0.244. The van der Waals surface area contributed by atoms with Crippen LogP contribution in [0.4, 0.5) is 4.39 Å². The molecule has 204 valence electrons. The Hall–Kier alpha value is -3.04. The number of halogens is 2. The maximum absolute atomic E-state index is 13.2. The van der Waals surface area contributed by atoms with E-state index >= 15 is 0 Å². The van der Waals surface area contributed by atoms with Gasteiger partial charge in [-0.1, -0.05) is 17.7 Å². The summed E-state index contributed by atoms with van der Waals surface area (Å²) < 4.78 is 40.9. The van der Waals surface area contributed by atoms with Crippen LogP contribution in [0.5, 0.6) is 0 Å². The predicted octanol–water partition coefficient (Wildman–Crippen LogP) is 5.62. The van der Waals surface area contributed by atoms with Crippen molar-refractivity contribution in [2.24, 2.45) is 5.92 Å². The lowest BCUT2D eigenvalue weighted by molar-refractivity contribution is 0.0841. The average Bonchev–Trinajstić information content (AvgIpc) is 3.34. The highest BCUT2D eigenvalue weighted by molar-refractivity contribution is 7.89. The van der Waals surface area contributed by atoms with Gasteiger partial charge in [-0.25, -0.2) is 17.5 Å². The van der Waals surface area contributed by atoms with E-state index in [0.29, 0.717) is 23.6 Å². The SMILES string of the molecule is O=C(c1ccc(F)cc1)C1CCN(CCc2c[nH]c3ccc(CCNS(=O)(=O)c4ccc(Cl)cc4)cc23)CC1. The van der Waals surface area contributed by atoms with Gasteiger partial charge in [0.1, 0.15) is 5.82 Å². The standard InChI is InChI=1S/C30H31ClFN3O3S/c31-25-4-8-27(9-5-25)39(37,38)34-15-11-21-1-10-29-28(19-21)24(20-33-29)14-18-35-16-12-23(13-17-35)30(36)22-2-6-26(32)7-3-22/h1-10,19-20,23,33-34H,11-18H2. The maximum Gasteiger partial charge on any atom is 0.240 e. The number of hydrogen-bond donors (Lipinski definition) is 2. The van der Waals surface area contributed by atoms with Crippen LogP contribution < -0.4 is 4.72 Å². The Kier molecular flexibility index (Phi) is 8.47. The smallest absolute Gasteiger partial charge is 0.240 e. The van der Waals surface area contributed by atoms with Crippen molar-refractivity contribution < 1.29 is 17.6 Å². The number of nitrogens with zero attached hydrogens (tertiary/aromatic N) is 1. The highest BCUT2D eigenvalue weighted by atomic mass is 35.5. The molecule has 2 heterocycles. The molecule has 2 N–H and O–H groups in total. The van der Waals surface area contributed by atoms with Crippen molar-refractivity contribution in [3.63, 3.8) is 0 Å². The molecule has 9 heteroatoms. The van der Waals surface area contributed by atoms with Crippen LogP contribution in [0.25, 0.3) is 10.9 Å². The molecular weight excluding hydrogens is 537 g/mol. The number of piperidine rings is 1. The summed E-state index contributed by atoms with van der Waals surface area (Å²) in [7, 11) is -3.59. The zero-order valence-corrected chi connectivity index (χ0v) is 23.1. The Labute approximate surface area is 233 Å². The Morgan fingerprint density at radius 3 is 2.44 bits per heavy atom. The number of Topliss-reactive ketones (excluding diaryl/α,β-unsaturated/α-hetero) is 1. The lowest BCUT2D eigenvalue weighted by atomic mass is 9.89. The lowest BCUT2D eigenvalue weighted by Gasteiger charge is -2.31. The molecule has 1 aliphatic heterocycles. The molecule has 0 bridgehead atoms. The number of carbonyl (C=O) groups excluding carboxylic acids is 1. The summed E-state index contributed by atoms with van der Waals surface area (Å²) in [6.45, 7) is 2.91. The van der Waals surface area contributed by atoms with Gasteiger partial charge < -0.3 is 9.88 Å². The number of H-pyrrole nitrogens is 1. The molecule has 0 unspecified atom stereocenters. The van der Waals surface area contributed by atoms with Crippen LogP contribution in [-0.2, 0) is 22.9 Å². The van der Waals surface area contributed by atoms with Gasteiger partial charge in [0.25, 0.3) is 0 Å². The number of sulfonamides is 1. The lowest BCUT2D eigenvalue weighted by Crippen LogP contribution is -2.37. The van der Waals surface area contributed by atoms with Gasteiger partial charge in [-0.05, 0) is 111 Å². The highest BCUT2D eigenvalue weighted by Crippen LogP contribution is 2.24. The molecule has 1 saturated heterocycles. The summed E-state index contributed by atoms with van der Waals surface area (Å²) in [5, 5.41) is 1.64. The number of fused-ring (bicyclic) bond motifs is 1. The summed E-state index contributed by atoms with van der Waals surface area (Å²) in [4.78, 5) is 18.7. The van der Waals surface area contributed by atoms with Crippen LogP contribution >= 0.6 is 11.6 Å². The van der Waals surface area contributed by atoms with E-state index in [2.05, 4.69) is 20.7 Å². The first-order valence-electron chi connectivity index (χ1n) is 13.1. The number of aromatic amines is 1. The highest BCUT2D eigenvalue weighted by Gasteiger charge is 2.25. The Balaban J connectivity index is 1.13. The molecule has 0 atom stereocenters. The Morgan fingerprint density at radius 1 is 1.00 bits per heavy atom. The number of rotatable bonds is 10. The number of carbonyl (C=O) groups is 1. The third kappa shape index (κ3) is 6.76. The second kappa shape index (κ2) is 12.0. The average molecular weight is 568 g/mol. The molecule has 6 nitrogen and oxygen atoms in total. The van der Waals surface area contributed by atoms with Crippen molar-refractivity contribution in [3.05, 3.63) is 100 Å². The fraction of sp³-hybridized carbons (Fsp3) is 0.300. The largest absolute Gasteiger partial charge is 0.361 e. The van der Waals surface area contributed by atoms with Gasteiger partial charge in [0, 0.05) is 46.7 Å². The molecule has 0 radical (unpaired) electrons. The molecule has 0 amide bonds. The minimum absolute atomic E-state index is 0.0144. The van der Waals surface area contributed by atoms with E-state index in [9.17, 15) is 17.6 Å². The molecule has 3 aromatic carbocycles. The summed E-state index contributed by atoms with van der Waals surface area (Å²) >= 11 is 5.86. The van der Waals surface area contributed by atoms with Crippen LogP contribution in [0.15, 0.2) is 77.8 Å². The molecule has 4 aromatic rings. The van der Waals surface area contributed by atoms with Gasteiger partial charge in [0.15, 0.2) is 5.78 Å². The van der Waals surface area contributed by atoms with Crippen LogP contribution in [0.3, 0.4) is 0 Å². The number of nitrogens with one attached hydrogen (secondary N) is 2. The topological polar surface area (TPSA) is 82.3 Å². The molecular formula is C30H31ClFN3O3S. The van der Waals surface area contributed by atoms with E-state index in [-0.39, 0.29) is 22.4 Å². The summed E-state index contributed by atoms with van der Waals surface area (Å²) in [5.41, 5.74) is 3.92. The fourth-order valence-corrected chi connectivity index (χ4v) is 6.32. The minimum atomic E-state index is -3.59. The second-order valence-electron chi connectivity index (χ2n) is 10.0. The molecule has 0 spiro atoms. The predicted molar refractivity (Wildman–Crippen MR) is 152 cm³/mol. The van der Waals surface area contributed by atoms with Gasteiger partial charge >= 0.3 is 0 Å². The normalized spacial score (nSPS) is 15.1. The summed E-state index contributed by atoms with van der Waals surface area (Å²) in [5.74, 6) is -0.238. The first-order valence-corrected chi connectivity index (χ1v) is 15.0.